The number of carboxylic acids is 1. The van der Waals surface area contributed by atoms with E-state index >= 15 is 0 Å². The molecule has 2 amide bonds. The highest BCUT2D eigenvalue weighted by atomic mass is 35.5. The molecule has 1 N–H and O–H groups in total. The summed E-state index contributed by atoms with van der Waals surface area (Å²) in [6.07, 6.45) is 1.38. The largest absolute Gasteiger partial charge is 0.481 e. The van der Waals surface area contributed by atoms with E-state index in [1.54, 1.807) is 54.6 Å². The van der Waals surface area contributed by atoms with Crippen molar-refractivity contribution in [1.82, 2.24) is 4.90 Å². The Bertz CT molecular complexity index is 887. The second kappa shape index (κ2) is 6.91. The topological polar surface area (TPSA) is 74.7 Å². The van der Waals surface area contributed by atoms with Crippen molar-refractivity contribution >= 4 is 41.0 Å². The number of hydrogen-bond donors (Lipinski definition) is 1. The maximum atomic E-state index is 12.8. The Morgan fingerprint density at radius 2 is 1.64 bits per heavy atom. The van der Waals surface area contributed by atoms with E-state index in [9.17, 15) is 14.4 Å². The number of amides is 2. The molecular formula is C19H14ClNO4. The zero-order valence-corrected chi connectivity index (χ0v) is 13.9. The van der Waals surface area contributed by atoms with Gasteiger partial charge in [0.25, 0.3) is 11.8 Å². The first-order valence-corrected chi connectivity index (χ1v) is 8.00. The van der Waals surface area contributed by atoms with Crippen molar-refractivity contribution in [2.24, 2.45) is 0 Å². The Kier molecular flexibility index (Phi) is 4.67. The molecule has 1 aliphatic heterocycles. The van der Waals surface area contributed by atoms with Crippen molar-refractivity contribution in [2.75, 3.05) is 6.54 Å². The number of imide groups is 1. The molecule has 25 heavy (non-hydrogen) atoms. The summed E-state index contributed by atoms with van der Waals surface area (Å²) in [6.45, 7) is -0.167. The van der Waals surface area contributed by atoms with Gasteiger partial charge in [-0.15, -0.1) is 0 Å². The SMILES string of the molecule is O=C(O)CCN1C(=O)/C(=C\c2ccc(Cl)cc2)c2ccccc2C1=O. The summed E-state index contributed by atoms with van der Waals surface area (Å²) < 4.78 is 0. The Morgan fingerprint density at radius 1 is 1.00 bits per heavy atom. The quantitative estimate of drug-likeness (QED) is 0.674. The van der Waals surface area contributed by atoms with Crippen molar-refractivity contribution in [3.63, 3.8) is 0 Å². The van der Waals surface area contributed by atoms with Crippen LogP contribution in [0.2, 0.25) is 5.02 Å². The molecule has 0 radical (unpaired) electrons. The molecule has 0 aliphatic carbocycles. The van der Waals surface area contributed by atoms with E-state index in [0.29, 0.717) is 21.7 Å². The number of rotatable bonds is 4. The van der Waals surface area contributed by atoms with Gasteiger partial charge in [-0.3, -0.25) is 19.3 Å². The molecule has 0 aromatic heterocycles. The van der Waals surface area contributed by atoms with Gasteiger partial charge in [0.1, 0.15) is 0 Å². The van der Waals surface area contributed by atoms with Gasteiger partial charge >= 0.3 is 5.97 Å². The molecule has 2 aromatic rings. The highest BCUT2D eigenvalue weighted by molar-refractivity contribution is 6.34. The number of carbonyl (C=O) groups excluding carboxylic acids is 2. The van der Waals surface area contributed by atoms with Crippen molar-refractivity contribution < 1.29 is 19.5 Å². The van der Waals surface area contributed by atoms with Crippen molar-refractivity contribution in [1.29, 1.82) is 0 Å². The van der Waals surface area contributed by atoms with Crippen LogP contribution in [0.15, 0.2) is 48.5 Å². The Labute approximate surface area is 149 Å². The van der Waals surface area contributed by atoms with E-state index in [2.05, 4.69) is 0 Å². The van der Waals surface area contributed by atoms with Gasteiger partial charge in [-0.05, 0) is 35.4 Å². The van der Waals surface area contributed by atoms with Crippen LogP contribution in [0.3, 0.4) is 0 Å². The predicted octanol–water partition coefficient (Wildman–Crippen LogP) is 3.34. The van der Waals surface area contributed by atoms with Crippen LogP contribution in [0.25, 0.3) is 11.6 Å². The molecule has 1 heterocycles. The average molecular weight is 356 g/mol. The normalized spacial score (nSPS) is 15.4. The highest BCUT2D eigenvalue weighted by Crippen LogP contribution is 2.30. The van der Waals surface area contributed by atoms with E-state index < -0.39 is 17.8 Å². The third-order valence-electron chi connectivity index (χ3n) is 3.90. The van der Waals surface area contributed by atoms with Crippen molar-refractivity contribution in [2.45, 2.75) is 6.42 Å². The summed E-state index contributed by atoms with van der Waals surface area (Å²) in [6, 6.07) is 13.8. The van der Waals surface area contributed by atoms with Gasteiger partial charge in [-0.2, -0.15) is 0 Å². The molecule has 3 rings (SSSR count). The second-order valence-corrected chi connectivity index (χ2v) is 6.00. The summed E-state index contributed by atoms with van der Waals surface area (Å²) in [4.78, 5) is 37.2. The zero-order valence-electron chi connectivity index (χ0n) is 13.1. The van der Waals surface area contributed by atoms with Gasteiger partial charge in [-0.1, -0.05) is 41.9 Å². The number of carboxylic acid groups (broad SMARTS) is 1. The van der Waals surface area contributed by atoms with Crippen LogP contribution in [0.4, 0.5) is 0 Å². The number of aliphatic carboxylic acids is 1. The van der Waals surface area contributed by atoms with E-state index in [-0.39, 0.29) is 13.0 Å². The molecule has 0 unspecified atom stereocenters. The minimum atomic E-state index is -1.07. The molecule has 6 heteroatoms. The Balaban J connectivity index is 2.07. The number of nitrogens with zero attached hydrogens (tertiary/aromatic N) is 1. The lowest BCUT2D eigenvalue weighted by atomic mass is 9.92. The van der Waals surface area contributed by atoms with E-state index in [0.717, 1.165) is 10.5 Å². The lowest BCUT2D eigenvalue weighted by molar-refractivity contribution is -0.137. The summed E-state index contributed by atoms with van der Waals surface area (Å²) in [5.41, 5.74) is 2.03. The number of halogens is 1. The molecule has 0 spiro atoms. The molecule has 2 aromatic carbocycles. The molecule has 0 atom stereocenters. The number of carbonyl (C=O) groups is 3. The summed E-state index contributed by atoms with van der Waals surface area (Å²) in [5.74, 6) is -2.04. The minimum Gasteiger partial charge on any atom is -0.481 e. The lowest BCUT2D eigenvalue weighted by Gasteiger charge is -2.28. The molecular weight excluding hydrogens is 342 g/mol. The molecule has 126 valence electrons. The smallest absolute Gasteiger partial charge is 0.305 e. The summed E-state index contributed by atoms with van der Waals surface area (Å²) in [5, 5.41) is 9.44. The van der Waals surface area contributed by atoms with Gasteiger partial charge in [0.05, 0.1) is 6.42 Å². The predicted molar refractivity (Wildman–Crippen MR) is 94.1 cm³/mol. The minimum absolute atomic E-state index is 0.167. The highest BCUT2D eigenvalue weighted by Gasteiger charge is 2.34. The van der Waals surface area contributed by atoms with E-state index in [1.165, 1.54) is 0 Å². The van der Waals surface area contributed by atoms with Crippen molar-refractivity contribution in [3.05, 3.63) is 70.2 Å². The molecule has 0 saturated carbocycles. The third kappa shape index (κ3) is 3.46. The molecule has 5 nitrogen and oxygen atoms in total. The fraction of sp³-hybridized carbons (Fsp3) is 0.105. The first-order chi connectivity index (χ1) is 12.0. The molecule has 1 aliphatic rings. The maximum absolute atomic E-state index is 12.8. The van der Waals surface area contributed by atoms with Crippen LogP contribution in [0.5, 0.6) is 0 Å². The molecule has 0 saturated heterocycles. The van der Waals surface area contributed by atoms with Gasteiger partial charge in [0.15, 0.2) is 0 Å². The Morgan fingerprint density at radius 3 is 2.28 bits per heavy atom. The van der Waals surface area contributed by atoms with Crippen molar-refractivity contribution in [3.8, 4) is 0 Å². The zero-order chi connectivity index (χ0) is 18.0. The van der Waals surface area contributed by atoms with Gasteiger partial charge in [0, 0.05) is 22.7 Å². The van der Waals surface area contributed by atoms with Crippen LogP contribution in [0, 0.1) is 0 Å². The first kappa shape index (κ1) is 16.9. The van der Waals surface area contributed by atoms with E-state index in [4.69, 9.17) is 16.7 Å². The van der Waals surface area contributed by atoms with Gasteiger partial charge in [0.2, 0.25) is 0 Å². The Hall–Kier alpha value is -2.92. The molecule has 0 bridgehead atoms. The van der Waals surface area contributed by atoms with Crippen LogP contribution < -0.4 is 0 Å². The third-order valence-corrected chi connectivity index (χ3v) is 4.15. The number of fused-ring (bicyclic) bond motifs is 1. The fourth-order valence-corrected chi connectivity index (χ4v) is 2.80. The monoisotopic (exact) mass is 355 g/mol. The van der Waals surface area contributed by atoms with Gasteiger partial charge in [-0.25, -0.2) is 0 Å². The van der Waals surface area contributed by atoms with Crippen LogP contribution in [0.1, 0.15) is 27.9 Å². The maximum Gasteiger partial charge on any atom is 0.305 e. The van der Waals surface area contributed by atoms with Crippen LogP contribution >= 0.6 is 11.6 Å². The lowest BCUT2D eigenvalue weighted by Crippen LogP contribution is -2.42. The first-order valence-electron chi connectivity index (χ1n) is 7.62. The second-order valence-electron chi connectivity index (χ2n) is 5.56. The summed E-state index contributed by atoms with van der Waals surface area (Å²) >= 11 is 5.88. The standard InChI is InChI=1S/C19H14ClNO4/c20-13-7-5-12(6-8-13)11-16-14-3-1-2-4-15(14)18(24)21(19(16)25)10-9-17(22)23/h1-8,11H,9-10H2,(H,22,23)/b16-11-. The fourth-order valence-electron chi connectivity index (χ4n) is 2.68. The van der Waals surface area contributed by atoms with Crippen LogP contribution in [-0.4, -0.2) is 34.3 Å². The summed E-state index contributed by atoms with van der Waals surface area (Å²) in [7, 11) is 0. The number of benzene rings is 2. The number of hydrogen-bond acceptors (Lipinski definition) is 3. The van der Waals surface area contributed by atoms with E-state index in [1.807, 2.05) is 0 Å². The van der Waals surface area contributed by atoms with Crippen LogP contribution in [-0.2, 0) is 9.59 Å². The van der Waals surface area contributed by atoms with Gasteiger partial charge < -0.3 is 5.11 Å². The average Bonchev–Trinajstić information content (AvgIpc) is 2.60. The molecule has 0 fully saturated rings.